The van der Waals surface area contributed by atoms with E-state index in [1.54, 1.807) is 12.1 Å². The molecule has 0 heterocycles. The first kappa shape index (κ1) is 22.9. The fourth-order valence-corrected chi connectivity index (χ4v) is 4.18. The summed E-state index contributed by atoms with van der Waals surface area (Å²) in [6.45, 7) is 1.84. The molecule has 0 aliphatic heterocycles. The summed E-state index contributed by atoms with van der Waals surface area (Å²) in [7, 11) is -8.00. The molecule has 0 bridgehead atoms. The first-order valence-electron chi connectivity index (χ1n) is 8.97. The van der Waals surface area contributed by atoms with E-state index in [4.69, 9.17) is 4.18 Å². The SMILES string of the molecule is Cc1ccc(S(=O)(=O)NN=Cc2ccc(OS(=O)(=O)c3ccc([N+](=O)[O-])cc3)cc2)cc1. The lowest BCUT2D eigenvalue weighted by Crippen LogP contribution is -2.18. The molecule has 10 nitrogen and oxygen atoms in total. The number of hydrogen-bond donors (Lipinski definition) is 1. The van der Waals surface area contributed by atoms with Crippen molar-refractivity contribution >= 4 is 32.0 Å². The van der Waals surface area contributed by atoms with Crippen molar-refractivity contribution < 1.29 is 25.9 Å². The molecule has 0 radical (unpaired) electrons. The average molecular weight is 476 g/mol. The van der Waals surface area contributed by atoms with Crippen LogP contribution in [0.2, 0.25) is 0 Å². The van der Waals surface area contributed by atoms with Crippen molar-refractivity contribution in [1.29, 1.82) is 0 Å². The van der Waals surface area contributed by atoms with Gasteiger partial charge >= 0.3 is 10.1 Å². The highest BCUT2D eigenvalue weighted by atomic mass is 32.2. The van der Waals surface area contributed by atoms with Crippen LogP contribution in [-0.2, 0) is 20.1 Å². The molecule has 32 heavy (non-hydrogen) atoms. The van der Waals surface area contributed by atoms with Crippen molar-refractivity contribution in [2.24, 2.45) is 5.10 Å². The standard InChI is InChI=1S/C20H17N3O7S2/c1-15-2-10-19(11-3-15)31(26,27)22-21-14-16-4-8-18(9-5-16)30-32(28,29)20-12-6-17(7-13-20)23(24)25/h2-14,22H,1H3. The zero-order chi connectivity index (χ0) is 23.4. The molecule has 3 rings (SSSR count). The normalized spacial score (nSPS) is 11.9. The predicted octanol–water partition coefficient (Wildman–Crippen LogP) is 2.98. The predicted molar refractivity (Wildman–Crippen MR) is 116 cm³/mol. The quantitative estimate of drug-likeness (QED) is 0.228. The first-order valence-corrected chi connectivity index (χ1v) is 11.9. The van der Waals surface area contributed by atoms with Crippen LogP contribution in [-0.4, -0.2) is 28.0 Å². The molecule has 0 saturated heterocycles. The zero-order valence-electron chi connectivity index (χ0n) is 16.6. The van der Waals surface area contributed by atoms with Crippen LogP contribution in [0.25, 0.3) is 0 Å². The van der Waals surface area contributed by atoms with Gasteiger partial charge in [-0.15, -0.1) is 0 Å². The van der Waals surface area contributed by atoms with Crippen LogP contribution in [0.4, 0.5) is 5.69 Å². The lowest BCUT2D eigenvalue weighted by molar-refractivity contribution is -0.384. The summed E-state index contributed by atoms with van der Waals surface area (Å²) in [4.78, 5) is 12.0. The molecule has 3 aromatic carbocycles. The summed E-state index contributed by atoms with van der Waals surface area (Å²) in [5.74, 6) is 0.000684. The second kappa shape index (κ2) is 9.16. The molecule has 0 aliphatic carbocycles. The van der Waals surface area contributed by atoms with Gasteiger partial charge in [0.2, 0.25) is 0 Å². The smallest absolute Gasteiger partial charge is 0.339 e. The van der Waals surface area contributed by atoms with Crippen molar-refractivity contribution in [3.8, 4) is 5.75 Å². The highest BCUT2D eigenvalue weighted by Crippen LogP contribution is 2.21. The minimum atomic E-state index is -4.19. The molecular weight excluding hydrogens is 458 g/mol. The molecular formula is C20H17N3O7S2. The average Bonchev–Trinajstić information content (AvgIpc) is 2.75. The molecule has 1 N–H and O–H groups in total. The maximum Gasteiger partial charge on any atom is 0.339 e. The fourth-order valence-electron chi connectivity index (χ4n) is 2.46. The molecule has 0 amide bonds. The Labute approximate surface area is 184 Å². The Bertz CT molecular complexity index is 1350. The summed E-state index contributed by atoms with van der Waals surface area (Å²) >= 11 is 0. The van der Waals surface area contributed by atoms with Gasteiger partial charge in [0.05, 0.1) is 16.0 Å². The van der Waals surface area contributed by atoms with E-state index < -0.39 is 25.1 Å². The van der Waals surface area contributed by atoms with E-state index in [-0.39, 0.29) is 21.2 Å². The molecule has 0 aliphatic rings. The molecule has 0 aromatic heterocycles. The Balaban J connectivity index is 1.65. The molecule has 0 fully saturated rings. The zero-order valence-corrected chi connectivity index (χ0v) is 18.2. The summed E-state index contributed by atoms with van der Waals surface area (Å²) in [6, 6.07) is 16.2. The third-order valence-electron chi connectivity index (χ3n) is 4.14. The number of benzene rings is 3. The number of nitrogens with zero attached hydrogens (tertiary/aromatic N) is 2. The monoisotopic (exact) mass is 475 g/mol. The molecule has 0 atom stereocenters. The van der Waals surface area contributed by atoms with Crippen molar-refractivity contribution in [2.75, 3.05) is 0 Å². The first-order chi connectivity index (χ1) is 15.1. The lowest BCUT2D eigenvalue weighted by atomic mass is 10.2. The largest absolute Gasteiger partial charge is 0.379 e. The van der Waals surface area contributed by atoms with Gasteiger partial charge in [-0.05, 0) is 61.0 Å². The van der Waals surface area contributed by atoms with Gasteiger partial charge < -0.3 is 4.18 Å². The van der Waals surface area contributed by atoms with Crippen LogP contribution < -0.4 is 9.01 Å². The number of nitrogens with one attached hydrogen (secondary N) is 1. The van der Waals surface area contributed by atoms with E-state index in [1.807, 2.05) is 6.92 Å². The van der Waals surface area contributed by atoms with Crippen molar-refractivity contribution in [3.63, 3.8) is 0 Å². The summed E-state index contributed by atoms with van der Waals surface area (Å²) in [5, 5.41) is 14.4. The molecule has 0 unspecified atom stereocenters. The number of rotatable bonds is 8. The topological polar surface area (TPSA) is 145 Å². The van der Waals surface area contributed by atoms with Crippen LogP contribution >= 0.6 is 0 Å². The number of sulfonamides is 1. The van der Waals surface area contributed by atoms with Crippen LogP contribution in [0, 0.1) is 17.0 Å². The number of nitro groups is 1. The van der Waals surface area contributed by atoms with Gasteiger partial charge in [0, 0.05) is 12.1 Å². The molecule has 12 heteroatoms. The van der Waals surface area contributed by atoms with Gasteiger partial charge in [-0.25, -0.2) is 4.83 Å². The van der Waals surface area contributed by atoms with E-state index >= 15 is 0 Å². The van der Waals surface area contributed by atoms with Gasteiger partial charge in [0.1, 0.15) is 10.6 Å². The van der Waals surface area contributed by atoms with E-state index in [9.17, 15) is 26.9 Å². The minimum absolute atomic E-state index is 0.000684. The molecule has 0 saturated carbocycles. The Hall–Kier alpha value is -3.77. The molecule has 3 aromatic rings. The van der Waals surface area contributed by atoms with Crippen LogP contribution in [0.1, 0.15) is 11.1 Å². The van der Waals surface area contributed by atoms with Gasteiger partial charge in [0.15, 0.2) is 0 Å². The highest BCUT2D eigenvalue weighted by Gasteiger charge is 2.18. The van der Waals surface area contributed by atoms with Gasteiger partial charge in [0.25, 0.3) is 15.7 Å². The number of non-ortho nitro benzene ring substituents is 1. The second-order valence-electron chi connectivity index (χ2n) is 6.52. The molecule has 166 valence electrons. The Kier molecular flexibility index (Phi) is 6.55. The lowest BCUT2D eigenvalue weighted by Gasteiger charge is -2.07. The third kappa shape index (κ3) is 5.68. The maximum absolute atomic E-state index is 12.3. The van der Waals surface area contributed by atoms with Gasteiger partial charge in [-0.3, -0.25) is 10.1 Å². The van der Waals surface area contributed by atoms with Crippen LogP contribution in [0.15, 0.2) is 87.7 Å². The second-order valence-corrected chi connectivity index (χ2v) is 9.73. The van der Waals surface area contributed by atoms with Crippen LogP contribution in [0.3, 0.4) is 0 Å². The van der Waals surface area contributed by atoms with Gasteiger partial charge in [-0.2, -0.15) is 21.9 Å². The van der Waals surface area contributed by atoms with Crippen LogP contribution in [0.5, 0.6) is 5.75 Å². The van der Waals surface area contributed by atoms with Gasteiger partial charge in [-0.1, -0.05) is 17.7 Å². The Morgan fingerprint density at radius 2 is 1.44 bits per heavy atom. The Morgan fingerprint density at radius 3 is 2.00 bits per heavy atom. The summed E-state index contributed by atoms with van der Waals surface area (Å²) < 4.78 is 54.0. The number of hydrogen-bond acceptors (Lipinski definition) is 8. The Morgan fingerprint density at radius 1 is 0.875 bits per heavy atom. The summed E-state index contributed by atoms with van der Waals surface area (Å²) in [5.41, 5.74) is 1.16. The fraction of sp³-hybridized carbons (Fsp3) is 0.0500. The number of hydrazone groups is 1. The van der Waals surface area contributed by atoms with E-state index in [1.165, 1.54) is 42.6 Å². The maximum atomic E-state index is 12.3. The van der Waals surface area contributed by atoms with E-state index in [0.29, 0.717) is 5.56 Å². The third-order valence-corrected chi connectivity index (χ3v) is 6.64. The van der Waals surface area contributed by atoms with Crippen molar-refractivity contribution in [1.82, 2.24) is 4.83 Å². The molecule has 0 spiro atoms. The van der Waals surface area contributed by atoms with E-state index in [2.05, 4.69) is 9.93 Å². The van der Waals surface area contributed by atoms with E-state index in [0.717, 1.165) is 29.8 Å². The highest BCUT2D eigenvalue weighted by molar-refractivity contribution is 7.89. The minimum Gasteiger partial charge on any atom is -0.379 e. The number of nitro benzene ring substituents is 1. The number of aryl methyl sites for hydroxylation is 1. The van der Waals surface area contributed by atoms with Crippen molar-refractivity contribution in [2.45, 2.75) is 16.7 Å². The van der Waals surface area contributed by atoms with Crippen molar-refractivity contribution in [3.05, 3.63) is 94.0 Å². The summed E-state index contributed by atoms with van der Waals surface area (Å²) in [6.07, 6.45) is 1.25.